The van der Waals surface area contributed by atoms with E-state index in [2.05, 4.69) is 15.9 Å². The maximum Gasteiger partial charge on any atom is 0.181 e. The lowest BCUT2D eigenvalue weighted by Crippen LogP contribution is -2.30. The summed E-state index contributed by atoms with van der Waals surface area (Å²) >= 11 is 3.21. The van der Waals surface area contributed by atoms with Gasteiger partial charge in [-0.2, -0.15) is 0 Å². The molecule has 0 aliphatic carbocycles. The Morgan fingerprint density at radius 3 is 2.47 bits per heavy atom. The van der Waals surface area contributed by atoms with E-state index < -0.39 is 15.4 Å². The fourth-order valence-corrected chi connectivity index (χ4v) is 3.45. The SMILES string of the molecule is CC(C)(O)CS(=O)(=O)c1cccc(Br)c1. The van der Waals surface area contributed by atoms with Crippen LogP contribution < -0.4 is 0 Å². The molecule has 0 radical (unpaired) electrons. The maximum absolute atomic E-state index is 11.8. The van der Waals surface area contributed by atoms with Crippen LogP contribution in [-0.2, 0) is 9.84 Å². The summed E-state index contributed by atoms with van der Waals surface area (Å²) < 4.78 is 24.3. The molecule has 1 rings (SSSR count). The number of aliphatic hydroxyl groups is 1. The van der Waals surface area contributed by atoms with Crippen LogP contribution in [0.1, 0.15) is 13.8 Å². The minimum atomic E-state index is -3.42. The standard InChI is InChI=1S/C10H13BrO3S/c1-10(2,12)7-15(13,14)9-5-3-4-8(11)6-9/h3-6,12H,7H2,1-2H3. The van der Waals surface area contributed by atoms with Crippen molar-refractivity contribution in [3.8, 4) is 0 Å². The fourth-order valence-electron chi connectivity index (χ4n) is 1.21. The highest BCUT2D eigenvalue weighted by Crippen LogP contribution is 2.20. The molecule has 3 nitrogen and oxygen atoms in total. The molecule has 84 valence electrons. The van der Waals surface area contributed by atoms with Gasteiger partial charge in [0.2, 0.25) is 0 Å². The Kier molecular flexibility index (Phi) is 3.58. The molecule has 0 aliphatic rings. The van der Waals surface area contributed by atoms with Crippen LogP contribution in [0.5, 0.6) is 0 Å². The predicted octanol–water partition coefficient (Wildman–Crippen LogP) is 1.99. The van der Waals surface area contributed by atoms with E-state index in [-0.39, 0.29) is 10.6 Å². The zero-order valence-corrected chi connectivity index (χ0v) is 11.0. The lowest BCUT2D eigenvalue weighted by atomic mass is 10.2. The quantitative estimate of drug-likeness (QED) is 0.927. The first-order chi connectivity index (χ1) is 6.71. The molecule has 0 unspecified atom stereocenters. The van der Waals surface area contributed by atoms with Gasteiger partial charge in [-0.3, -0.25) is 0 Å². The second-order valence-electron chi connectivity index (χ2n) is 4.03. The third kappa shape index (κ3) is 3.93. The molecule has 0 fully saturated rings. The lowest BCUT2D eigenvalue weighted by molar-refractivity contribution is 0.105. The number of benzene rings is 1. The highest BCUT2D eigenvalue weighted by molar-refractivity contribution is 9.10. The first kappa shape index (κ1) is 12.7. The van der Waals surface area contributed by atoms with Crippen molar-refractivity contribution in [1.82, 2.24) is 0 Å². The van der Waals surface area contributed by atoms with Gasteiger partial charge in [-0.1, -0.05) is 22.0 Å². The maximum atomic E-state index is 11.8. The third-order valence-electron chi connectivity index (χ3n) is 1.70. The average Bonchev–Trinajstić information content (AvgIpc) is 1.99. The highest BCUT2D eigenvalue weighted by atomic mass is 79.9. The third-order valence-corrected chi connectivity index (χ3v) is 4.25. The number of sulfone groups is 1. The van der Waals surface area contributed by atoms with Crippen molar-refractivity contribution >= 4 is 25.8 Å². The number of halogens is 1. The minimum absolute atomic E-state index is 0.221. The number of hydrogen-bond donors (Lipinski definition) is 1. The number of hydrogen-bond acceptors (Lipinski definition) is 3. The van der Waals surface area contributed by atoms with Gasteiger partial charge in [0.25, 0.3) is 0 Å². The van der Waals surface area contributed by atoms with Crippen molar-refractivity contribution in [2.75, 3.05) is 5.75 Å². The largest absolute Gasteiger partial charge is 0.389 e. The molecule has 0 bridgehead atoms. The van der Waals surface area contributed by atoms with Crippen molar-refractivity contribution < 1.29 is 13.5 Å². The molecular weight excluding hydrogens is 280 g/mol. The van der Waals surface area contributed by atoms with E-state index in [1.54, 1.807) is 12.1 Å². The molecule has 0 amide bonds. The first-order valence-corrected chi connectivity index (χ1v) is 6.86. The molecule has 1 aromatic rings. The summed E-state index contributed by atoms with van der Waals surface area (Å²) in [5.74, 6) is -0.281. The Balaban J connectivity index is 3.07. The first-order valence-electron chi connectivity index (χ1n) is 4.41. The van der Waals surface area contributed by atoms with Gasteiger partial charge in [0.1, 0.15) is 0 Å². The van der Waals surface area contributed by atoms with Crippen LogP contribution in [0.15, 0.2) is 33.6 Å². The summed E-state index contributed by atoms with van der Waals surface area (Å²) in [5.41, 5.74) is -1.22. The van der Waals surface area contributed by atoms with Crippen molar-refractivity contribution in [3.05, 3.63) is 28.7 Å². The van der Waals surface area contributed by atoms with E-state index in [0.29, 0.717) is 4.47 Å². The van der Waals surface area contributed by atoms with Crippen LogP contribution >= 0.6 is 15.9 Å². The van der Waals surface area contributed by atoms with Crippen LogP contribution in [-0.4, -0.2) is 24.9 Å². The van der Waals surface area contributed by atoms with E-state index in [1.807, 2.05) is 0 Å². The van der Waals surface area contributed by atoms with Gasteiger partial charge in [0, 0.05) is 4.47 Å². The fraction of sp³-hybridized carbons (Fsp3) is 0.400. The van der Waals surface area contributed by atoms with E-state index in [9.17, 15) is 13.5 Å². The summed E-state index contributed by atoms with van der Waals surface area (Å²) in [4.78, 5) is 0.221. The smallest absolute Gasteiger partial charge is 0.181 e. The molecule has 5 heteroatoms. The van der Waals surface area contributed by atoms with Gasteiger partial charge in [0.05, 0.1) is 16.2 Å². The second kappa shape index (κ2) is 4.23. The Hall–Kier alpha value is -0.390. The van der Waals surface area contributed by atoms with Gasteiger partial charge in [-0.05, 0) is 32.0 Å². The van der Waals surface area contributed by atoms with Crippen LogP contribution in [0.3, 0.4) is 0 Å². The van der Waals surface area contributed by atoms with Crippen LogP contribution in [0, 0.1) is 0 Å². The summed E-state index contributed by atoms with van der Waals surface area (Å²) in [6, 6.07) is 6.46. The lowest BCUT2D eigenvalue weighted by Gasteiger charge is -2.16. The molecule has 0 saturated carbocycles. The molecule has 0 atom stereocenters. The molecule has 0 aromatic heterocycles. The van der Waals surface area contributed by atoms with Gasteiger partial charge in [-0.15, -0.1) is 0 Å². The Labute approximate surface area is 98.2 Å². The van der Waals surface area contributed by atoms with Crippen LogP contribution in [0.4, 0.5) is 0 Å². The van der Waals surface area contributed by atoms with Gasteiger partial charge >= 0.3 is 0 Å². The monoisotopic (exact) mass is 292 g/mol. The van der Waals surface area contributed by atoms with Crippen molar-refractivity contribution in [2.24, 2.45) is 0 Å². The van der Waals surface area contributed by atoms with Crippen LogP contribution in [0.25, 0.3) is 0 Å². The number of rotatable bonds is 3. The molecule has 0 spiro atoms. The van der Waals surface area contributed by atoms with Gasteiger partial charge < -0.3 is 5.11 Å². The summed E-state index contributed by atoms with van der Waals surface area (Å²) in [5, 5.41) is 9.49. The topological polar surface area (TPSA) is 54.4 Å². The molecule has 1 aromatic carbocycles. The average molecular weight is 293 g/mol. The predicted molar refractivity (Wildman–Crippen MR) is 62.5 cm³/mol. The van der Waals surface area contributed by atoms with E-state index in [4.69, 9.17) is 0 Å². The Bertz CT molecular complexity index is 446. The summed E-state index contributed by atoms with van der Waals surface area (Å²) in [7, 11) is -3.42. The summed E-state index contributed by atoms with van der Waals surface area (Å²) in [6.45, 7) is 2.95. The van der Waals surface area contributed by atoms with E-state index >= 15 is 0 Å². The molecule has 0 aliphatic heterocycles. The van der Waals surface area contributed by atoms with E-state index in [1.165, 1.54) is 26.0 Å². The molecule has 0 saturated heterocycles. The minimum Gasteiger partial charge on any atom is -0.389 e. The van der Waals surface area contributed by atoms with Crippen molar-refractivity contribution in [1.29, 1.82) is 0 Å². The second-order valence-corrected chi connectivity index (χ2v) is 6.93. The molecule has 1 N–H and O–H groups in total. The van der Waals surface area contributed by atoms with Crippen molar-refractivity contribution in [2.45, 2.75) is 24.3 Å². The molecular formula is C10H13BrO3S. The van der Waals surface area contributed by atoms with Gasteiger partial charge in [-0.25, -0.2) is 8.42 Å². The van der Waals surface area contributed by atoms with Crippen molar-refractivity contribution in [3.63, 3.8) is 0 Å². The highest BCUT2D eigenvalue weighted by Gasteiger charge is 2.25. The normalized spacial score (nSPS) is 12.8. The molecule has 15 heavy (non-hydrogen) atoms. The zero-order chi connectivity index (χ0) is 11.7. The van der Waals surface area contributed by atoms with E-state index in [0.717, 1.165) is 0 Å². The summed E-state index contributed by atoms with van der Waals surface area (Å²) in [6.07, 6.45) is 0. The Morgan fingerprint density at radius 1 is 1.40 bits per heavy atom. The van der Waals surface area contributed by atoms with Crippen LogP contribution in [0.2, 0.25) is 0 Å². The zero-order valence-electron chi connectivity index (χ0n) is 8.57. The van der Waals surface area contributed by atoms with Gasteiger partial charge in [0.15, 0.2) is 9.84 Å². The molecule has 0 heterocycles. The Morgan fingerprint density at radius 2 is 2.00 bits per heavy atom.